The van der Waals surface area contributed by atoms with Crippen LogP contribution >= 0.6 is 15.9 Å². The average molecular weight is 256 g/mol. The van der Waals surface area contributed by atoms with Crippen LogP contribution in [0.5, 0.6) is 0 Å². The van der Waals surface area contributed by atoms with Gasteiger partial charge in [-0.1, -0.05) is 46.3 Å². The van der Waals surface area contributed by atoms with Crippen LogP contribution in [0, 0.1) is 0 Å². The summed E-state index contributed by atoms with van der Waals surface area (Å²) in [4.78, 5) is 13.1. The molecular weight excluding hydrogens is 242 g/mol. The lowest BCUT2D eigenvalue weighted by molar-refractivity contribution is -0.128. The van der Waals surface area contributed by atoms with Gasteiger partial charge in [0.2, 0.25) is 5.91 Å². The van der Waals surface area contributed by atoms with Crippen LogP contribution in [0.3, 0.4) is 0 Å². The van der Waals surface area contributed by atoms with E-state index >= 15 is 0 Å². The predicted octanol–water partition coefficient (Wildman–Crippen LogP) is 2.60. The highest BCUT2D eigenvalue weighted by molar-refractivity contribution is 9.09. The highest BCUT2D eigenvalue weighted by Crippen LogP contribution is 2.18. The van der Waals surface area contributed by atoms with E-state index in [2.05, 4.69) is 15.9 Å². The van der Waals surface area contributed by atoms with Gasteiger partial charge in [-0.3, -0.25) is 4.79 Å². The van der Waals surface area contributed by atoms with Crippen molar-refractivity contribution in [2.75, 3.05) is 12.4 Å². The molecule has 0 fully saturated rings. The van der Waals surface area contributed by atoms with Crippen molar-refractivity contribution in [2.45, 2.75) is 13.0 Å². The summed E-state index contributed by atoms with van der Waals surface area (Å²) in [5.74, 6) is 0.0985. The minimum Gasteiger partial charge on any atom is -0.338 e. The molecule has 76 valence electrons. The summed E-state index contributed by atoms with van der Waals surface area (Å²) in [6.07, 6.45) is 0. The fraction of sp³-hybridized carbons (Fsp3) is 0.364. The molecule has 0 aliphatic rings. The lowest BCUT2D eigenvalue weighted by Crippen LogP contribution is -2.30. The van der Waals surface area contributed by atoms with Gasteiger partial charge >= 0.3 is 0 Å². The van der Waals surface area contributed by atoms with E-state index < -0.39 is 0 Å². The Morgan fingerprint density at radius 2 is 2.00 bits per heavy atom. The Morgan fingerprint density at radius 3 is 2.50 bits per heavy atom. The summed E-state index contributed by atoms with van der Waals surface area (Å²) in [7, 11) is 1.82. The third-order valence-corrected chi connectivity index (χ3v) is 2.85. The maximum absolute atomic E-state index is 11.4. The minimum absolute atomic E-state index is 0.0985. The fourth-order valence-electron chi connectivity index (χ4n) is 1.27. The van der Waals surface area contributed by atoms with E-state index in [0.29, 0.717) is 5.33 Å². The molecule has 1 aromatic rings. The van der Waals surface area contributed by atoms with Crippen LogP contribution in [0.1, 0.15) is 18.5 Å². The largest absolute Gasteiger partial charge is 0.338 e. The summed E-state index contributed by atoms with van der Waals surface area (Å²) in [5, 5.41) is 0.376. The first kappa shape index (κ1) is 11.2. The molecule has 0 bridgehead atoms. The quantitative estimate of drug-likeness (QED) is 0.761. The van der Waals surface area contributed by atoms with E-state index in [-0.39, 0.29) is 11.9 Å². The topological polar surface area (TPSA) is 20.3 Å². The Hall–Kier alpha value is -0.830. The van der Waals surface area contributed by atoms with Crippen LogP contribution in [-0.4, -0.2) is 23.2 Å². The number of benzene rings is 1. The summed E-state index contributed by atoms with van der Waals surface area (Å²) in [6, 6.07) is 10.1. The Bertz CT molecular complexity index is 299. The first-order valence-corrected chi connectivity index (χ1v) is 5.65. The minimum atomic E-state index is 0.0985. The van der Waals surface area contributed by atoms with E-state index in [4.69, 9.17) is 0 Å². The average Bonchev–Trinajstić information content (AvgIpc) is 2.27. The predicted molar refractivity (Wildman–Crippen MR) is 61.4 cm³/mol. The van der Waals surface area contributed by atoms with Crippen molar-refractivity contribution in [1.82, 2.24) is 4.90 Å². The molecule has 1 aromatic carbocycles. The molecule has 0 aromatic heterocycles. The fourth-order valence-corrected chi connectivity index (χ4v) is 1.66. The molecule has 2 nitrogen and oxygen atoms in total. The summed E-state index contributed by atoms with van der Waals surface area (Å²) >= 11 is 3.17. The maximum atomic E-state index is 11.4. The molecule has 0 radical (unpaired) electrons. The van der Waals surface area contributed by atoms with E-state index in [1.807, 2.05) is 44.3 Å². The highest BCUT2D eigenvalue weighted by atomic mass is 79.9. The molecule has 0 spiro atoms. The number of nitrogens with zero attached hydrogens (tertiary/aromatic N) is 1. The van der Waals surface area contributed by atoms with Crippen molar-refractivity contribution in [1.29, 1.82) is 0 Å². The van der Waals surface area contributed by atoms with E-state index in [1.54, 1.807) is 4.90 Å². The van der Waals surface area contributed by atoms with Crippen molar-refractivity contribution in [3.8, 4) is 0 Å². The molecule has 1 amide bonds. The van der Waals surface area contributed by atoms with Gasteiger partial charge < -0.3 is 4.90 Å². The van der Waals surface area contributed by atoms with Crippen molar-refractivity contribution in [3.05, 3.63) is 35.9 Å². The van der Waals surface area contributed by atoms with Gasteiger partial charge in [-0.05, 0) is 12.5 Å². The normalized spacial score (nSPS) is 12.2. The van der Waals surface area contributed by atoms with Gasteiger partial charge in [0.25, 0.3) is 0 Å². The van der Waals surface area contributed by atoms with Gasteiger partial charge in [-0.25, -0.2) is 0 Å². The molecule has 0 heterocycles. The van der Waals surface area contributed by atoms with Gasteiger partial charge in [0.1, 0.15) is 0 Å². The number of hydrogen-bond acceptors (Lipinski definition) is 1. The molecule has 1 unspecified atom stereocenters. The number of halogens is 1. The van der Waals surface area contributed by atoms with Crippen molar-refractivity contribution in [3.63, 3.8) is 0 Å². The second-order valence-electron chi connectivity index (χ2n) is 3.22. The van der Waals surface area contributed by atoms with E-state index in [1.165, 1.54) is 0 Å². The molecule has 0 saturated carbocycles. The first-order valence-electron chi connectivity index (χ1n) is 4.53. The van der Waals surface area contributed by atoms with Gasteiger partial charge in [0.15, 0.2) is 0 Å². The molecule has 1 rings (SSSR count). The molecule has 0 N–H and O–H groups in total. The molecule has 0 aliphatic heterocycles. The standard InChI is InChI=1S/C11H14BrNO/c1-9(13(2)11(14)8-12)10-6-4-3-5-7-10/h3-7,9H,8H2,1-2H3. The number of alkyl halides is 1. The molecule has 0 saturated heterocycles. The smallest absolute Gasteiger partial charge is 0.233 e. The van der Waals surface area contributed by atoms with Crippen molar-refractivity contribution < 1.29 is 4.79 Å². The highest BCUT2D eigenvalue weighted by Gasteiger charge is 2.15. The lowest BCUT2D eigenvalue weighted by Gasteiger charge is -2.24. The number of rotatable bonds is 3. The molecule has 3 heteroatoms. The third kappa shape index (κ3) is 2.58. The van der Waals surface area contributed by atoms with Crippen LogP contribution in [0.4, 0.5) is 0 Å². The first-order chi connectivity index (χ1) is 6.66. The zero-order valence-electron chi connectivity index (χ0n) is 8.40. The molecule has 1 atom stereocenters. The zero-order valence-corrected chi connectivity index (χ0v) is 9.99. The van der Waals surface area contributed by atoms with Crippen molar-refractivity contribution >= 4 is 21.8 Å². The SMILES string of the molecule is CC(c1ccccc1)N(C)C(=O)CBr. The summed E-state index contributed by atoms with van der Waals surface area (Å²) in [5.41, 5.74) is 1.16. The zero-order chi connectivity index (χ0) is 10.6. The van der Waals surface area contributed by atoms with Gasteiger partial charge in [-0.2, -0.15) is 0 Å². The van der Waals surface area contributed by atoms with Crippen LogP contribution in [0.2, 0.25) is 0 Å². The van der Waals surface area contributed by atoms with E-state index in [9.17, 15) is 4.79 Å². The van der Waals surface area contributed by atoms with Crippen LogP contribution < -0.4 is 0 Å². The van der Waals surface area contributed by atoms with Gasteiger partial charge in [-0.15, -0.1) is 0 Å². The Kier molecular flexibility index (Phi) is 4.14. The number of hydrogen-bond donors (Lipinski definition) is 0. The lowest BCUT2D eigenvalue weighted by atomic mass is 10.1. The number of carbonyl (C=O) groups is 1. The Labute approximate surface area is 93.0 Å². The van der Waals surface area contributed by atoms with Gasteiger partial charge in [0, 0.05) is 7.05 Å². The maximum Gasteiger partial charge on any atom is 0.233 e. The van der Waals surface area contributed by atoms with Crippen LogP contribution in [0.25, 0.3) is 0 Å². The number of amides is 1. The number of carbonyl (C=O) groups excluding carboxylic acids is 1. The van der Waals surface area contributed by atoms with Gasteiger partial charge in [0.05, 0.1) is 11.4 Å². The van der Waals surface area contributed by atoms with Crippen LogP contribution in [-0.2, 0) is 4.79 Å². The summed E-state index contributed by atoms with van der Waals surface area (Å²) in [6.45, 7) is 2.02. The summed E-state index contributed by atoms with van der Waals surface area (Å²) < 4.78 is 0. The molecule has 0 aliphatic carbocycles. The molecular formula is C11H14BrNO. The van der Waals surface area contributed by atoms with E-state index in [0.717, 1.165) is 5.56 Å². The van der Waals surface area contributed by atoms with Crippen molar-refractivity contribution in [2.24, 2.45) is 0 Å². The Balaban J connectivity index is 2.75. The second-order valence-corrected chi connectivity index (χ2v) is 3.79. The molecule has 14 heavy (non-hydrogen) atoms. The second kappa shape index (κ2) is 5.15. The van der Waals surface area contributed by atoms with Crippen LogP contribution in [0.15, 0.2) is 30.3 Å². The Morgan fingerprint density at radius 1 is 1.43 bits per heavy atom. The third-order valence-electron chi connectivity index (χ3n) is 2.37. The monoisotopic (exact) mass is 255 g/mol.